The first kappa shape index (κ1) is 8.44. The molecule has 1 aliphatic heterocycles. The first-order valence-corrected chi connectivity index (χ1v) is 5.69. The molecule has 0 saturated carbocycles. The van der Waals surface area contributed by atoms with Gasteiger partial charge in [0.15, 0.2) is 0 Å². The molecule has 2 N–H and O–H groups in total. The van der Waals surface area contributed by atoms with Gasteiger partial charge in [0.25, 0.3) is 0 Å². The highest BCUT2D eigenvalue weighted by Gasteiger charge is 2.36. The smallest absolute Gasteiger partial charge is 0.306 e. The highest BCUT2D eigenvalue weighted by atomic mass is 32.1. The van der Waals surface area contributed by atoms with Crippen molar-refractivity contribution in [2.24, 2.45) is 5.92 Å². The molecule has 4 heteroatoms. The normalized spacial score (nSPS) is 28.9. The van der Waals surface area contributed by atoms with Gasteiger partial charge < -0.3 is 10.4 Å². The van der Waals surface area contributed by atoms with Gasteiger partial charge in [-0.05, 0) is 29.3 Å². The predicted molar refractivity (Wildman–Crippen MR) is 53.3 cm³/mol. The van der Waals surface area contributed by atoms with Crippen molar-refractivity contribution in [2.75, 3.05) is 0 Å². The van der Waals surface area contributed by atoms with Crippen molar-refractivity contribution in [3.05, 3.63) is 21.4 Å². The van der Waals surface area contributed by atoms with Crippen LogP contribution in [0.3, 0.4) is 0 Å². The summed E-state index contributed by atoms with van der Waals surface area (Å²) >= 11 is 1.72. The molecule has 2 atom stereocenters. The minimum absolute atomic E-state index is 0.190. The van der Waals surface area contributed by atoms with Crippen molar-refractivity contribution in [3.8, 4) is 0 Å². The molecule has 2 unspecified atom stereocenters. The molecule has 1 aliphatic carbocycles. The summed E-state index contributed by atoms with van der Waals surface area (Å²) in [5.74, 6) is -0.844. The molecule has 0 fully saturated rings. The summed E-state index contributed by atoms with van der Waals surface area (Å²) in [5.41, 5.74) is 2.80. The highest BCUT2D eigenvalue weighted by molar-refractivity contribution is 7.10. The van der Waals surface area contributed by atoms with Crippen molar-refractivity contribution in [3.63, 3.8) is 0 Å². The summed E-state index contributed by atoms with van der Waals surface area (Å²) in [6, 6.07) is 0.307. The Labute approximate surface area is 85.8 Å². The van der Waals surface area contributed by atoms with Crippen LogP contribution in [0.2, 0.25) is 0 Å². The van der Waals surface area contributed by atoms with Gasteiger partial charge in [-0.2, -0.15) is 0 Å². The van der Waals surface area contributed by atoms with Crippen LogP contribution < -0.4 is 5.32 Å². The van der Waals surface area contributed by atoms with E-state index in [0.717, 1.165) is 19.4 Å². The molecule has 0 amide bonds. The summed E-state index contributed by atoms with van der Waals surface area (Å²) in [5, 5.41) is 14.5. The third-order valence-corrected chi connectivity index (χ3v) is 4.25. The lowest BCUT2D eigenvalue weighted by Crippen LogP contribution is -2.27. The Bertz CT molecular complexity index is 399. The zero-order valence-corrected chi connectivity index (χ0v) is 8.43. The maximum absolute atomic E-state index is 10.9. The monoisotopic (exact) mass is 209 g/mol. The number of carbonyl (C=O) groups is 1. The highest BCUT2D eigenvalue weighted by Crippen LogP contribution is 2.42. The van der Waals surface area contributed by atoms with Crippen LogP contribution in [0.4, 0.5) is 0 Å². The van der Waals surface area contributed by atoms with Crippen molar-refractivity contribution < 1.29 is 9.90 Å². The predicted octanol–water partition coefficient (Wildman–Crippen LogP) is 1.54. The quantitative estimate of drug-likeness (QED) is 0.737. The lowest BCUT2D eigenvalue weighted by molar-refractivity contribution is -0.142. The number of hydrogen-bond acceptors (Lipinski definition) is 3. The second-order valence-electron chi connectivity index (χ2n) is 4.01. The third-order valence-electron chi connectivity index (χ3n) is 3.18. The fourth-order valence-electron chi connectivity index (χ4n) is 2.48. The van der Waals surface area contributed by atoms with Crippen molar-refractivity contribution in [2.45, 2.75) is 25.4 Å². The standard InChI is InChI=1S/C10H11NO2S/c12-10(13)5-1-7-9-6(3-11-7)4-14-8(9)2-5/h4-5,7,11H,1-3H2,(H,12,13). The molecule has 3 nitrogen and oxygen atoms in total. The Kier molecular flexibility index (Phi) is 1.69. The van der Waals surface area contributed by atoms with Crippen molar-refractivity contribution in [1.82, 2.24) is 5.32 Å². The molecular formula is C10H11NO2S. The van der Waals surface area contributed by atoms with E-state index in [0.29, 0.717) is 6.04 Å². The summed E-state index contributed by atoms with van der Waals surface area (Å²) in [4.78, 5) is 12.2. The van der Waals surface area contributed by atoms with E-state index in [9.17, 15) is 4.79 Å². The minimum Gasteiger partial charge on any atom is -0.481 e. The zero-order valence-electron chi connectivity index (χ0n) is 7.62. The Morgan fingerprint density at radius 3 is 3.29 bits per heavy atom. The molecule has 1 aromatic rings. The number of nitrogens with one attached hydrogen (secondary N) is 1. The number of carboxylic acids is 1. The molecule has 2 aliphatic rings. The Morgan fingerprint density at radius 2 is 2.50 bits per heavy atom. The average Bonchev–Trinajstić information content (AvgIpc) is 2.74. The van der Waals surface area contributed by atoms with E-state index in [4.69, 9.17) is 5.11 Å². The van der Waals surface area contributed by atoms with Crippen molar-refractivity contribution >= 4 is 17.3 Å². The van der Waals surface area contributed by atoms with Crippen LogP contribution >= 0.6 is 11.3 Å². The maximum Gasteiger partial charge on any atom is 0.306 e. The van der Waals surface area contributed by atoms with Gasteiger partial charge in [0.2, 0.25) is 0 Å². The molecule has 0 bridgehead atoms. The van der Waals surface area contributed by atoms with E-state index in [1.165, 1.54) is 16.0 Å². The van der Waals surface area contributed by atoms with Gasteiger partial charge in [0.05, 0.1) is 5.92 Å². The molecular weight excluding hydrogens is 198 g/mol. The third kappa shape index (κ3) is 1.04. The van der Waals surface area contributed by atoms with Crippen LogP contribution in [-0.4, -0.2) is 11.1 Å². The average molecular weight is 209 g/mol. The van der Waals surface area contributed by atoms with E-state index < -0.39 is 5.97 Å². The molecule has 0 saturated heterocycles. The van der Waals surface area contributed by atoms with Gasteiger partial charge in [-0.25, -0.2) is 0 Å². The van der Waals surface area contributed by atoms with Crippen molar-refractivity contribution in [1.29, 1.82) is 0 Å². The van der Waals surface area contributed by atoms with Crippen LogP contribution in [0.25, 0.3) is 0 Å². The topological polar surface area (TPSA) is 49.3 Å². The minimum atomic E-state index is -0.653. The van der Waals surface area contributed by atoms with Crippen LogP contribution in [0.15, 0.2) is 5.38 Å². The lowest BCUT2D eigenvalue weighted by Gasteiger charge is -2.24. The number of hydrogen-bond donors (Lipinski definition) is 2. The molecule has 3 rings (SSSR count). The largest absolute Gasteiger partial charge is 0.481 e. The Balaban J connectivity index is 2.01. The first-order chi connectivity index (χ1) is 6.75. The molecule has 1 aromatic heterocycles. The fourth-order valence-corrected chi connectivity index (χ4v) is 3.67. The van der Waals surface area contributed by atoms with Gasteiger partial charge in [0, 0.05) is 17.5 Å². The number of aliphatic carboxylic acids is 1. The van der Waals surface area contributed by atoms with E-state index in [2.05, 4.69) is 10.7 Å². The van der Waals surface area contributed by atoms with Gasteiger partial charge in [-0.1, -0.05) is 0 Å². The molecule has 0 radical (unpaired) electrons. The summed E-state index contributed by atoms with van der Waals surface area (Å²) in [6.45, 7) is 0.919. The zero-order chi connectivity index (χ0) is 9.71. The molecule has 14 heavy (non-hydrogen) atoms. The van der Waals surface area contributed by atoms with E-state index in [-0.39, 0.29) is 5.92 Å². The van der Waals surface area contributed by atoms with Crippen LogP contribution in [0, 0.1) is 5.92 Å². The van der Waals surface area contributed by atoms with E-state index >= 15 is 0 Å². The molecule has 0 spiro atoms. The maximum atomic E-state index is 10.9. The van der Waals surface area contributed by atoms with E-state index in [1.807, 2.05) is 0 Å². The van der Waals surface area contributed by atoms with Gasteiger partial charge in [0.1, 0.15) is 0 Å². The van der Waals surface area contributed by atoms with Crippen LogP contribution in [-0.2, 0) is 17.8 Å². The SMILES string of the molecule is O=C(O)C1Cc2scc3c2C(C1)NC3. The van der Waals surface area contributed by atoms with Crippen LogP contribution in [0.1, 0.15) is 28.5 Å². The van der Waals surface area contributed by atoms with Gasteiger partial charge in [-0.3, -0.25) is 4.79 Å². The first-order valence-electron chi connectivity index (χ1n) is 4.81. The Morgan fingerprint density at radius 1 is 1.64 bits per heavy atom. The molecule has 74 valence electrons. The molecule has 0 aromatic carbocycles. The summed E-state index contributed by atoms with van der Waals surface area (Å²) < 4.78 is 0. The summed E-state index contributed by atoms with van der Waals surface area (Å²) in [6.07, 6.45) is 1.49. The van der Waals surface area contributed by atoms with Gasteiger partial charge >= 0.3 is 5.97 Å². The molecule has 2 heterocycles. The lowest BCUT2D eigenvalue weighted by atomic mass is 9.85. The second-order valence-corrected chi connectivity index (χ2v) is 4.97. The summed E-state index contributed by atoms with van der Waals surface area (Å²) in [7, 11) is 0. The second kappa shape index (κ2) is 2.81. The number of rotatable bonds is 1. The Hall–Kier alpha value is -0.870. The van der Waals surface area contributed by atoms with Gasteiger partial charge in [-0.15, -0.1) is 11.3 Å². The fraction of sp³-hybridized carbons (Fsp3) is 0.500. The van der Waals surface area contributed by atoms with E-state index in [1.54, 1.807) is 11.3 Å². The van der Waals surface area contributed by atoms with Crippen LogP contribution in [0.5, 0.6) is 0 Å². The number of thiophene rings is 1. The number of carboxylic acid groups (broad SMARTS) is 1.